The van der Waals surface area contributed by atoms with Gasteiger partial charge >= 0.3 is 0 Å². The van der Waals surface area contributed by atoms with Gasteiger partial charge in [0.25, 0.3) is 0 Å². The van der Waals surface area contributed by atoms with Crippen LogP contribution in [0.2, 0.25) is 0 Å². The van der Waals surface area contributed by atoms with Gasteiger partial charge in [-0.15, -0.1) is 0 Å². The Labute approximate surface area is 99.5 Å². The first-order valence-corrected chi connectivity index (χ1v) is 6.87. The van der Waals surface area contributed by atoms with E-state index in [0.717, 1.165) is 18.6 Å². The van der Waals surface area contributed by atoms with Gasteiger partial charge in [0.1, 0.15) is 0 Å². The van der Waals surface area contributed by atoms with Crippen LogP contribution in [0.25, 0.3) is 0 Å². The molecule has 2 aliphatic heterocycles. The van der Waals surface area contributed by atoms with Gasteiger partial charge in [0.15, 0.2) is 0 Å². The zero-order valence-electron chi connectivity index (χ0n) is 10.7. The highest BCUT2D eigenvalue weighted by Crippen LogP contribution is 2.23. The third-order valence-electron chi connectivity index (χ3n) is 3.98. The van der Waals surface area contributed by atoms with Gasteiger partial charge < -0.3 is 15.0 Å². The Morgan fingerprint density at radius 3 is 2.94 bits per heavy atom. The van der Waals surface area contributed by atoms with Crippen LogP contribution in [-0.4, -0.2) is 49.8 Å². The van der Waals surface area contributed by atoms with Crippen LogP contribution >= 0.6 is 0 Å². The lowest BCUT2D eigenvalue weighted by atomic mass is 10.0. The molecule has 0 aromatic heterocycles. The van der Waals surface area contributed by atoms with E-state index in [1.54, 1.807) is 0 Å². The number of likely N-dealkylation sites (tertiary alicyclic amines) is 1. The lowest BCUT2D eigenvalue weighted by Gasteiger charge is -2.22. The fourth-order valence-corrected chi connectivity index (χ4v) is 2.86. The van der Waals surface area contributed by atoms with Crippen LogP contribution < -0.4 is 5.32 Å². The molecule has 0 amide bonds. The Balaban J connectivity index is 1.68. The number of nitrogens with zero attached hydrogens (tertiary/aromatic N) is 1. The smallest absolute Gasteiger partial charge is 0.0588 e. The standard InChI is InChI=1S/C13H26N2O/c1-3-6-14-13-4-7-15(10-13)9-12-5-8-16-11(12)2/h11-14H,3-10H2,1-2H3. The summed E-state index contributed by atoms with van der Waals surface area (Å²) >= 11 is 0. The van der Waals surface area contributed by atoms with E-state index in [-0.39, 0.29) is 0 Å². The molecule has 94 valence electrons. The molecule has 0 spiro atoms. The second-order valence-electron chi connectivity index (χ2n) is 5.32. The Bertz CT molecular complexity index is 210. The van der Waals surface area contributed by atoms with Crippen LogP contribution in [0, 0.1) is 5.92 Å². The lowest BCUT2D eigenvalue weighted by Crippen LogP contribution is -2.35. The molecule has 2 saturated heterocycles. The van der Waals surface area contributed by atoms with Gasteiger partial charge in [-0.1, -0.05) is 6.92 Å². The quantitative estimate of drug-likeness (QED) is 0.768. The van der Waals surface area contributed by atoms with E-state index in [0.29, 0.717) is 6.10 Å². The van der Waals surface area contributed by atoms with Crippen LogP contribution in [0.5, 0.6) is 0 Å². The topological polar surface area (TPSA) is 24.5 Å². The first-order chi connectivity index (χ1) is 7.79. The van der Waals surface area contributed by atoms with Gasteiger partial charge in [0, 0.05) is 25.7 Å². The van der Waals surface area contributed by atoms with Crippen LogP contribution in [0.15, 0.2) is 0 Å². The number of hydrogen-bond acceptors (Lipinski definition) is 3. The first kappa shape index (κ1) is 12.3. The van der Waals surface area contributed by atoms with E-state index in [9.17, 15) is 0 Å². The minimum Gasteiger partial charge on any atom is -0.378 e. The van der Waals surface area contributed by atoms with Crippen LogP contribution in [0.1, 0.15) is 33.1 Å². The van der Waals surface area contributed by atoms with E-state index in [4.69, 9.17) is 4.74 Å². The fourth-order valence-electron chi connectivity index (χ4n) is 2.86. The molecule has 0 aromatic rings. The molecule has 0 radical (unpaired) electrons. The molecule has 2 heterocycles. The highest BCUT2D eigenvalue weighted by Gasteiger charge is 2.29. The van der Waals surface area contributed by atoms with Crippen molar-refractivity contribution >= 4 is 0 Å². The van der Waals surface area contributed by atoms with Gasteiger partial charge in [-0.2, -0.15) is 0 Å². The number of rotatable bonds is 5. The summed E-state index contributed by atoms with van der Waals surface area (Å²) < 4.78 is 5.63. The summed E-state index contributed by atoms with van der Waals surface area (Å²) in [6.45, 7) is 10.3. The predicted octanol–water partition coefficient (Wildman–Crippen LogP) is 1.49. The van der Waals surface area contributed by atoms with Crippen molar-refractivity contribution in [2.75, 3.05) is 32.8 Å². The molecule has 3 atom stereocenters. The minimum atomic E-state index is 0.475. The molecule has 16 heavy (non-hydrogen) atoms. The highest BCUT2D eigenvalue weighted by atomic mass is 16.5. The van der Waals surface area contributed by atoms with Gasteiger partial charge in [-0.05, 0) is 45.2 Å². The van der Waals surface area contributed by atoms with Crippen molar-refractivity contribution in [2.24, 2.45) is 5.92 Å². The van der Waals surface area contributed by atoms with E-state index in [2.05, 4.69) is 24.1 Å². The molecule has 3 heteroatoms. The summed E-state index contributed by atoms with van der Waals surface area (Å²) in [6.07, 6.45) is 4.29. The van der Waals surface area contributed by atoms with Crippen molar-refractivity contribution in [1.82, 2.24) is 10.2 Å². The molecule has 0 aliphatic carbocycles. The van der Waals surface area contributed by atoms with E-state index in [1.165, 1.54) is 45.4 Å². The fraction of sp³-hybridized carbons (Fsp3) is 1.00. The molecule has 0 bridgehead atoms. The number of ether oxygens (including phenoxy) is 1. The zero-order chi connectivity index (χ0) is 11.4. The van der Waals surface area contributed by atoms with Crippen molar-refractivity contribution in [3.63, 3.8) is 0 Å². The minimum absolute atomic E-state index is 0.475. The van der Waals surface area contributed by atoms with Crippen molar-refractivity contribution < 1.29 is 4.74 Å². The molecule has 3 nitrogen and oxygen atoms in total. The Morgan fingerprint density at radius 2 is 2.25 bits per heavy atom. The second kappa shape index (κ2) is 5.99. The highest BCUT2D eigenvalue weighted by molar-refractivity contribution is 4.84. The van der Waals surface area contributed by atoms with Crippen molar-refractivity contribution in [1.29, 1.82) is 0 Å². The largest absolute Gasteiger partial charge is 0.378 e. The zero-order valence-corrected chi connectivity index (χ0v) is 10.7. The molecule has 2 rings (SSSR count). The summed E-state index contributed by atoms with van der Waals surface area (Å²) in [5.74, 6) is 0.768. The maximum atomic E-state index is 5.63. The molecule has 1 N–H and O–H groups in total. The van der Waals surface area contributed by atoms with Crippen molar-refractivity contribution in [3.05, 3.63) is 0 Å². The third kappa shape index (κ3) is 3.19. The number of hydrogen-bond donors (Lipinski definition) is 1. The van der Waals surface area contributed by atoms with Crippen LogP contribution in [0.4, 0.5) is 0 Å². The summed E-state index contributed by atoms with van der Waals surface area (Å²) in [5, 5.41) is 3.62. The van der Waals surface area contributed by atoms with Gasteiger partial charge in [0.05, 0.1) is 6.10 Å². The van der Waals surface area contributed by atoms with E-state index < -0.39 is 0 Å². The van der Waals surface area contributed by atoms with Crippen molar-refractivity contribution in [3.8, 4) is 0 Å². The van der Waals surface area contributed by atoms with Crippen molar-refractivity contribution in [2.45, 2.75) is 45.3 Å². The molecular formula is C13H26N2O. The predicted molar refractivity (Wildman–Crippen MR) is 66.7 cm³/mol. The Hall–Kier alpha value is -0.120. The summed E-state index contributed by atoms with van der Waals surface area (Å²) in [6, 6.07) is 0.734. The van der Waals surface area contributed by atoms with Crippen LogP contribution in [0.3, 0.4) is 0 Å². The lowest BCUT2D eigenvalue weighted by molar-refractivity contribution is 0.0954. The Kier molecular flexibility index (Phi) is 4.62. The molecular weight excluding hydrogens is 200 g/mol. The van der Waals surface area contributed by atoms with Gasteiger partial charge in [0.2, 0.25) is 0 Å². The molecule has 3 unspecified atom stereocenters. The monoisotopic (exact) mass is 226 g/mol. The van der Waals surface area contributed by atoms with Gasteiger partial charge in [-0.3, -0.25) is 0 Å². The summed E-state index contributed by atoms with van der Waals surface area (Å²) in [4.78, 5) is 2.61. The molecule has 0 saturated carbocycles. The second-order valence-corrected chi connectivity index (χ2v) is 5.32. The van der Waals surface area contributed by atoms with E-state index >= 15 is 0 Å². The maximum absolute atomic E-state index is 5.63. The molecule has 2 fully saturated rings. The average molecular weight is 226 g/mol. The normalized spacial score (nSPS) is 36.0. The number of nitrogens with one attached hydrogen (secondary N) is 1. The molecule has 2 aliphatic rings. The van der Waals surface area contributed by atoms with Crippen LogP contribution in [-0.2, 0) is 4.74 Å². The Morgan fingerprint density at radius 1 is 1.38 bits per heavy atom. The summed E-state index contributed by atoms with van der Waals surface area (Å²) in [5.41, 5.74) is 0. The average Bonchev–Trinajstić information content (AvgIpc) is 2.87. The summed E-state index contributed by atoms with van der Waals surface area (Å²) in [7, 11) is 0. The molecule has 0 aromatic carbocycles. The maximum Gasteiger partial charge on any atom is 0.0588 e. The van der Waals surface area contributed by atoms with E-state index in [1.807, 2.05) is 0 Å². The van der Waals surface area contributed by atoms with Gasteiger partial charge in [-0.25, -0.2) is 0 Å². The first-order valence-electron chi connectivity index (χ1n) is 6.87. The SMILES string of the molecule is CCCNC1CCN(CC2CCOC2C)C1. The third-order valence-corrected chi connectivity index (χ3v) is 3.98.